The molecule has 1 aromatic heterocycles. The molecule has 0 saturated heterocycles. The van der Waals surface area contributed by atoms with Gasteiger partial charge in [0.15, 0.2) is 5.78 Å². The summed E-state index contributed by atoms with van der Waals surface area (Å²) in [6.07, 6.45) is 5.29. The van der Waals surface area contributed by atoms with Crippen LogP contribution in [0.1, 0.15) is 23.7 Å². The summed E-state index contributed by atoms with van der Waals surface area (Å²) in [7, 11) is 0. The fraction of sp³-hybridized carbons (Fsp3) is 0.444. The Kier molecular flexibility index (Phi) is 4.05. The highest BCUT2D eigenvalue weighted by atomic mass is 16.5. The SMILES string of the molecule is CCCOCC(=O)c1cncnc1. The number of carbonyl (C=O) groups is 1. The zero-order valence-corrected chi connectivity index (χ0v) is 7.56. The summed E-state index contributed by atoms with van der Waals surface area (Å²) >= 11 is 0. The third-order valence-electron chi connectivity index (χ3n) is 1.46. The molecule has 1 rings (SSSR count). The van der Waals surface area contributed by atoms with Crippen LogP contribution in [-0.4, -0.2) is 29.0 Å². The first kappa shape index (κ1) is 9.80. The number of ketones is 1. The van der Waals surface area contributed by atoms with Crippen LogP contribution in [0.5, 0.6) is 0 Å². The largest absolute Gasteiger partial charge is 0.373 e. The second-order valence-corrected chi connectivity index (χ2v) is 2.60. The summed E-state index contributed by atoms with van der Waals surface area (Å²) in [6, 6.07) is 0. The van der Waals surface area contributed by atoms with Gasteiger partial charge in [-0.1, -0.05) is 6.92 Å². The second kappa shape index (κ2) is 5.37. The molecule has 0 unspecified atom stereocenters. The van der Waals surface area contributed by atoms with Gasteiger partial charge in [-0.05, 0) is 6.42 Å². The van der Waals surface area contributed by atoms with Crippen LogP contribution in [0.15, 0.2) is 18.7 Å². The summed E-state index contributed by atoms with van der Waals surface area (Å²) < 4.78 is 5.09. The van der Waals surface area contributed by atoms with E-state index < -0.39 is 0 Å². The lowest BCUT2D eigenvalue weighted by Crippen LogP contribution is -2.10. The first-order chi connectivity index (χ1) is 6.34. The minimum atomic E-state index is -0.0750. The molecular weight excluding hydrogens is 168 g/mol. The maximum absolute atomic E-state index is 11.3. The number of rotatable bonds is 5. The van der Waals surface area contributed by atoms with Gasteiger partial charge in [0.1, 0.15) is 12.9 Å². The molecule has 13 heavy (non-hydrogen) atoms. The minimum Gasteiger partial charge on any atom is -0.373 e. The van der Waals surface area contributed by atoms with E-state index in [0.29, 0.717) is 12.2 Å². The van der Waals surface area contributed by atoms with Gasteiger partial charge in [-0.25, -0.2) is 9.97 Å². The third-order valence-corrected chi connectivity index (χ3v) is 1.46. The van der Waals surface area contributed by atoms with Gasteiger partial charge >= 0.3 is 0 Å². The average molecular weight is 180 g/mol. The number of Topliss-reactive ketones (excluding diaryl/α,β-unsaturated/α-hetero) is 1. The second-order valence-electron chi connectivity index (χ2n) is 2.60. The van der Waals surface area contributed by atoms with E-state index in [9.17, 15) is 4.79 Å². The van der Waals surface area contributed by atoms with Crippen molar-refractivity contribution in [3.8, 4) is 0 Å². The Bertz CT molecular complexity index is 262. The number of nitrogens with zero attached hydrogens (tertiary/aromatic N) is 2. The first-order valence-corrected chi connectivity index (χ1v) is 4.20. The Morgan fingerprint density at radius 3 is 2.77 bits per heavy atom. The van der Waals surface area contributed by atoms with Crippen molar-refractivity contribution in [2.45, 2.75) is 13.3 Å². The molecule has 70 valence electrons. The Hall–Kier alpha value is -1.29. The van der Waals surface area contributed by atoms with Crippen LogP contribution in [0.3, 0.4) is 0 Å². The van der Waals surface area contributed by atoms with Crippen molar-refractivity contribution in [2.24, 2.45) is 0 Å². The quantitative estimate of drug-likeness (QED) is 0.502. The molecule has 4 nitrogen and oxygen atoms in total. The van der Waals surface area contributed by atoms with E-state index in [2.05, 4.69) is 9.97 Å². The van der Waals surface area contributed by atoms with Crippen molar-refractivity contribution < 1.29 is 9.53 Å². The van der Waals surface area contributed by atoms with Gasteiger partial charge in [-0.3, -0.25) is 4.79 Å². The van der Waals surface area contributed by atoms with Crippen molar-refractivity contribution >= 4 is 5.78 Å². The number of ether oxygens (including phenoxy) is 1. The van der Waals surface area contributed by atoms with E-state index in [1.54, 1.807) is 0 Å². The topological polar surface area (TPSA) is 52.1 Å². The monoisotopic (exact) mass is 180 g/mol. The van der Waals surface area contributed by atoms with Gasteiger partial charge < -0.3 is 4.74 Å². The van der Waals surface area contributed by atoms with Crippen molar-refractivity contribution in [2.75, 3.05) is 13.2 Å². The van der Waals surface area contributed by atoms with Crippen molar-refractivity contribution in [3.05, 3.63) is 24.3 Å². The van der Waals surface area contributed by atoms with Gasteiger partial charge in [0, 0.05) is 19.0 Å². The van der Waals surface area contributed by atoms with E-state index >= 15 is 0 Å². The summed E-state index contributed by atoms with van der Waals surface area (Å²) in [5.74, 6) is -0.0750. The summed E-state index contributed by atoms with van der Waals surface area (Å²) in [5, 5.41) is 0. The predicted octanol–water partition coefficient (Wildman–Crippen LogP) is 1.09. The molecule has 0 spiro atoms. The summed E-state index contributed by atoms with van der Waals surface area (Å²) in [6.45, 7) is 2.72. The Labute approximate surface area is 77.0 Å². The molecule has 0 aliphatic rings. The van der Waals surface area contributed by atoms with Gasteiger partial charge in [0.25, 0.3) is 0 Å². The lowest BCUT2D eigenvalue weighted by Gasteiger charge is -2.00. The number of aromatic nitrogens is 2. The van der Waals surface area contributed by atoms with Crippen LogP contribution >= 0.6 is 0 Å². The van der Waals surface area contributed by atoms with E-state index in [-0.39, 0.29) is 12.4 Å². The maximum Gasteiger partial charge on any atom is 0.191 e. The van der Waals surface area contributed by atoms with Crippen LogP contribution in [-0.2, 0) is 4.74 Å². The Balaban J connectivity index is 2.40. The maximum atomic E-state index is 11.3. The zero-order valence-electron chi connectivity index (χ0n) is 7.56. The molecule has 0 aliphatic carbocycles. The van der Waals surface area contributed by atoms with E-state index in [4.69, 9.17) is 4.74 Å². The smallest absolute Gasteiger partial charge is 0.191 e. The van der Waals surface area contributed by atoms with Crippen LogP contribution in [0.4, 0.5) is 0 Å². The molecule has 0 amide bonds. The number of hydrogen-bond acceptors (Lipinski definition) is 4. The van der Waals surface area contributed by atoms with Crippen LogP contribution < -0.4 is 0 Å². The lowest BCUT2D eigenvalue weighted by molar-refractivity contribution is 0.0760. The molecule has 0 atom stereocenters. The van der Waals surface area contributed by atoms with Crippen LogP contribution in [0, 0.1) is 0 Å². The highest BCUT2D eigenvalue weighted by Gasteiger charge is 2.04. The molecule has 1 aromatic rings. The van der Waals surface area contributed by atoms with Crippen molar-refractivity contribution in [1.82, 2.24) is 9.97 Å². The van der Waals surface area contributed by atoms with Gasteiger partial charge in [-0.2, -0.15) is 0 Å². The number of carbonyl (C=O) groups excluding carboxylic acids is 1. The number of hydrogen-bond donors (Lipinski definition) is 0. The standard InChI is InChI=1S/C9H12N2O2/c1-2-3-13-6-9(12)8-4-10-7-11-5-8/h4-5,7H,2-3,6H2,1H3. The molecular formula is C9H12N2O2. The molecule has 0 aromatic carbocycles. The Morgan fingerprint density at radius 1 is 1.46 bits per heavy atom. The normalized spacial score (nSPS) is 9.92. The summed E-state index contributed by atoms with van der Waals surface area (Å²) in [4.78, 5) is 18.8. The molecule has 0 fully saturated rings. The van der Waals surface area contributed by atoms with Crippen molar-refractivity contribution in [1.29, 1.82) is 0 Å². The zero-order chi connectivity index (χ0) is 9.52. The first-order valence-electron chi connectivity index (χ1n) is 4.20. The van der Waals surface area contributed by atoms with Gasteiger partial charge in [0.2, 0.25) is 0 Å². The highest BCUT2D eigenvalue weighted by Crippen LogP contribution is 1.95. The average Bonchev–Trinajstić information content (AvgIpc) is 2.19. The molecule has 1 heterocycles. The van der Waals surface area contributed by atoms with Gasteiger partial charge in [-0.15, -0.1) is 0 Å². The Morgan fingerprint density at radius 2 is 2.15 bits per heavy atom. The third kappa shape index (κ3) is 3.29. The molecule has 0 N–H and O–H groups in total. The van der Waals surface area contributed by atoms with Crippen molar-refractivity contribution in [3.63, 3.8) is 0 Å². The molecule has 0 aliphatic heterocycles. The van der Waals surface area contributed by atoms with Gasteiger partial charge in [0.05, 0.1) is 5.56 Å². The van der Waals surface area contributed by atoms with E-state index in [1.165, 1.54) is 18.7 Å². The fourth-order valence-electron chi connectivity index (χ4n) is 0.836. The molecule has 0 bridgehead atoms. The molecule has 4 heteroatoms. The van der Waals surface area contributed by atoms with Crippen LogP contribution in [0.25, 0.3) is 0 Å². The summed E-state index contributed by atoms with van der Waals surface area (Å²) in [5.41, 5.74) is 0.499. The molecule has 0 saturated carbocycles. The highest BCUT2D eigenvalue weighted by molar-refractivity contribution is 5.96. The predicted molar refractivity (Wildman–Crippen MR) is 47.5 cm³/mol. The van der Waals surface area contributed by atoms with E-state index in [0.717, 1.165) is 6.42 Å². The van der Waals surface area contributed by atoms with E-state index in [1.807, 2.05) is 6.92 Å². The minimum absolute atomic E-state index is 0.0750. The fourth-order valence-corrected chi connectivity index (χ4v) is 0.836. The van der Waals surface area contributed by atoms with Crippen LogP contribution in [0.2, 0.25) is 0 Å². The lowest BCUT2D eigenvalue weighted by atomic mass is 10.2. The molecule has 0 radical (unpaired) electrons.